The molecule has 1 rings (SSSR count). The van der Waals surface area contributed by atoms with Crippen LogP contribution in [0.15, 0.2) is 6.20 Å². The minimum Gasteiger partial charge on any atom is -0.504 e. The van der Waals surface area contributed by atoms with Gasteiger partial charge in [-0.25, -0.2) is 18.2 Å². The SMILES string of the molecule is COc1ncc(O)c(F)c1C(F)F. The molecule has 0 saturated heterocycles. The molecular weight excluding hydrogens is 187 g/mol. The van der Waals surface area contributed by atoms with Crippen LogP contribution < -0.4 is 4.74 Å². The van der Waals surface area contributed by atoms with E-state index in [0.29, 0.717) is 6.20 Å². The van der Waals surface area contributed by atoms with Crippen molar-refractivity contribution in [3.8, 4) is 11.6 Å². The zero-order valence-corrected chi connectivity index (χ0v) is 6.59. The normalized spacial score (nSPS) is 10.5. The number of aromatic hydroxyl groups is 1. The molecule has 0 fully saturated rings. The molecule has 0 saturated carbocycles. The molecule has 72 valence electrons. The number of halogens is 3. The van der Waals surface area contributed by atoms with Gasteiger partial charge in [0.15, 0.2) is 11.6 Å². The van der Waals surface area contributed by atoms with Gasteiger partial charge in [0, 0.05) is 0 Å². The first kappa shape index (κ1) is 9.63. The molecule has 0 radical (unpaired) electrons. The lowest BCUT2D eigenvalue weighted by atomic mass is 10.2. The third-order valence-electron chi connectivity index (χ3n) is 1.41. The molecule has 0 aliphatic heterocycles. The van der Waals surface area contributed by atoms with Crippen LogP contribution in [0.2, 0.25) is 0 Å². The first-order chi connectivity index (χ1) is 6.07. The zero-order valence-electron chi connectivity index (χ0n) is 6.59. The molecule has 1 aromatic rings. The van der Waals surface area contributed by atoms with Gasteiger partial charge in [0.05, 0.1) is 13.3 Å². The summed E-state index contributed by atoms with van der Waals surface area (Å²) in [6.45, 7) is 0. The standard InChI is InChI=1S/C7H6F3NO2/c1-13-7-4(6(9)10)5(8)3(12)2-11-7/h2,6,12H,1H3. The van der Waals surface area contributed by atoms with E-state index in [4.69, 9.17) is 5.11 Å². The Morgan fingerprint density at radius 3 is 2.62 bits per heavy atom. The summed E-state index contributed by atoms with van der Waals surface area (Å²) >= 11 is 0. The van der Waals surface area contributed by atoms with Gasteiger partial charge in [0.25, 0.3) is 6.43 Å². The van der Waals surface area contributed by atoms with Gasteiger partial charge in [-0.3, -0.25) is 0 Å². The average molecular weight is 193 g/mol. The molecule has 0 aromatic carbocycles. The summed E-state index contributed by atoms with van der Waals surface area (Å²) in [6, 6.07) is 0. The number of aromatic nitrogens is 1. The largest absolute Gasteiger partial charge is 0.504 e. The first-order valence-corrected chi connectivity index (χ1v) is 3.27. The smallest absolute Gasteiger partial charge is 0.272 e. The maximum Gasteiger partial charge on any atom is 0.272 e. The highest BCUT2D eigenvalue weighted by molar-refractivity contribution is 5.35. The number of alkyl halides is 2. The zero-order chi connectivity index (χ0) is 10.0. The Bertz CT molecular complexity index is 317. The van der Waals surface area contributed by atoms with Gasteiger partial charge in [-0.15, -0.1) is 0 Å². The van der Waals surface area contributed by atoms with Crippen molar-refractivity contribution in [2.45, 2.75) is 6.43 Å². The van der Waals surface area contributed by atoms with Crippen LogP contribution in [0.3, 0.4) is 0 Å². The summed E-state index contributed by atoms with van der Waals surface area (Å²) < 4.78 is 41.6. The summed E-state index contributed by atoms with van der Waals surface area (Å²) in [5.74, 6) is -2.84. The van der Waals surface area contributed by atoms with Gasteiger partial charge < -0.3 is 9.84 Å². The molecule has 0 aliphatic carbocycles. The Balaban J connectivity index is 3.32. The van der Waals surface area contributed by atoms with E-state index in [9.17, 15) is 13.2 Å². The van der Waals surface area contributed by atoms with Gasteiger partial charge in [-0.05, 0) is 0 Å². The highest BCUT2D eigenvalue weighted by Crippen LogP contribution is 2.33. The lowest BCUT2D eigenvalue weighted by Gasteiger charge is -2.07. The van der Waals surface area contributed by atoms with Crippen molar-refractivity contribution in [1.29, 1.82) is 0 Å². The summed E-state index contributed by atoms with van der Waals surface area (Å²) in [6.07, 6.45) is -2.37. The van der Waals surface area contributed by atoms with Crippen molar-refractivity contribution in [3.05, 3.63) is 17.6 Å². The second kappa shape index (κ2) is 3.51. The highest BCUT2D eigenvalue weighted by atomic mass is 19.3. The van der Waals surface area contributed by atoms with E-state index in [1.165, 1.54) is 0 Å². The molecule has 1 N–H and O–H groups in total. The second-order valence-electron chi connectivity index (χ2n) is 2.18. The number of hydrogen-bond donors (Lipinski definition) is 1. The topological polar surface area (TPSA) is 42.4 Å². The Labute approximate surface area is 71.8 Å². The highest BCUT2D eigenvalue weighted by Gasteiger charge is 2.23. The Kier molecular flexibility index (Phi) is 2.60. The van der Waals surface area contributed by atoms with E-state index < -0.39 is 29.4 Å². The van der Waals surface area contributed by atoms with Gasteiger partial charge >= 0.3 is 0 Å². The lowest BCUT2D eigenvalue weighted by Crippen LogP contribution is -1.99. The molecular formula is C7H6F3NO2. The quantitative estimate of drug-likeness (QED) is 0.779. The number of pyridine rings is 1. The summed E-state index contributed by atoms with van der Waals surface area (Å²) in [5, 5.41) is 8.74. The molecule has 13 heavy (non-hydrogen) atoms. The van der Waals surface area contributed by atoms with Crippen LogP contribution in [-0.2, 0) is 0 Å². The molecule has 3 nitrogen and oxygen atoms in total. The van der Waals surface area contributed by atoms with E-state index in [2.05, 4.69) is 9.72 Å². The molecule has 0 spiro atoms. The summed E-state index contributed by atoms with van der Waals surface area (Å²) in [5.41, 5.74) is -1.03. The Morgan fingerprint density at radius 1 is 1.54 bits per heavy atom. The average Bonchev–Trinajstić information content (AvgIpc) is 2.08. The number of methoxy groups -OCH3 is 1. The fraction of sp³-hybridized carbons (Fsp3) is 0.286. The summed E-state index contributed by atoms with van der Waals surface area (Å²) in [4.78, 5) is 3.29. The number of nitrogens with zero attached hydrogens (tertiary/aromatic N) is 1. The van der Waals surface area contributed by atoms with E-state index in [1.54, 1.807) is 0 Å². The number of hydrogen-bond acceptors (Lipinski definition) is 3. The van der Waals surface area contributed by atoms with Crippen molar-refractivity contribution in [1.82, 2.24) is 4.98 Å². The number of rotatable bonds is 2. The molecule has 0 bridgehead atoms. The maximum atomic E-state index is 12.8. The molecule has 0 atom stereocenters. The first-order valence-electron chi connectivity index (χ1n) is 3.27. The van der Waals surface area contributed by atoms with Crippen molar-refractivity contribution in [2.24, 2.45) is 0 Å². The van der Waals surface area contributed by atoms with E-state index in [-0.39, 0.29) is 0 Å². The maximum absolute atomic E-state index is 12.8. The van der Waals surface area contributed by atoms with Crippen LogP contribution in [0.25, 0.3) is 0 Å². The van der Waals surface area contributed by atoms with Crippen LogP contribution in [0.5, 0.6) is 11.6 Å². The molecule has 1 aromatic heterocycles. The van der Waals surface area contributed by atoms with E-state index in [1.807, 2.05) is 0 Å². The van der Waals surface area contributed by atoms with Crippen LogP contribution >= 0.6 is 0 Å². The molecule has 0 unspecified atom stereocenters. The van der Waals surface area contributed by atoms with Crippen molar-refractivity contribution < 1.29 is 23.0 Å². The fourth-order valence-corrected chi connectivity index (χ4v) is 0.830. The van der Waals surface area contributed by atoms with Gasteiger partial charge in [0.2, 0.25) is 5.88 Å². The third kappa shape index (κ3) is 1.66. The van der Waals surface area contributed by atoms with Crippen LogP contribution in [0, 0.1) is 5.82 Å². The molecule has 0 amide bonds. The van der Waals surface area contributed by atoms with E-state index >= 15 is 0 Å². The Morgan fingerprint density at radius 2 is 2.15 bits per heavy atom. The Hall–Kier alpha value is -1.46. The molecule has 0 aliphatic rings. The number of ether oxygens (including phenoxy) is 1. The van der Waals surface area contributed by atoms with Crippen molar-refractivity contribution in [2.75, 3.05) is 7.11 Å². The minimum atomic E-state index is -3.07. The predicted octanol–water partition coefficient (Wildman–Crippen LogP) is 1.87. The van der Waals surface area contributed by atoms with Crippen LogP contribution in [-0.4, -0.2) is 17.2 Å². The molecule has 6 heteroatoms. The lowest BCUT2D eigenvalue weighted by molar-refractivity contribution is 0.139. The summed E-state index contributed by atoms with van der Waals surface area (Å²) in [7, 11) is 1.09. The van der Waals surface area contributed by atoms with Gasteiger partial charge in [0.1, 0.15) is 5.56 Å². The van der Waals surface area contributed by atoms with Gasteiger partial charge in [-0.2, -0.15) is 0 Å². The molecule has 1 heterocycles. The van der Waals surface area contributed by atoms with Gasteiger partial charge in [-0.1, -0.05) is 0 Å². The second-order valence-corrected chi connectivity index (χ2v) is 2.18. The fourth-order valence-electron chi connectivity index (χ4n) is 0.830. The van der Waals surface area contributed by atoms with Crippen LogP contribution in [0.4, 0.5) is 13.2 Å². The van der Waals surface area contributed by atoms with Crippen molar-refractivity contribution in [3.63, 3.8) is 0 Å². The van der Waals surface area contributed by atoms with Crippen molar-refractivity contribution >= 4 is 0 Å². The van der Waals surface area contributed by atoms with E-state index in [0.717, 1.165) is 7.11 Å². The third-order valence-corrected chi connectivity index (χ3v) is 1.41. The monoisotopic (exact) mass is 193 g/mol. The van der Waals surface area contributed by atoms with Crippen LogP contribution in [0.1, 0.15) is 12.0 Å². The minimum absolute atomic E-state index is 0.523. The predicted molar refractivity (Wildman–Crippen MR) is 37.4 cm³/mol.